The van der Waals surface area contributed by atoms with Crippen LogP contribution in [0, 0.1) is 0 Å². The summed E-state index contributed by atoms with van der Waals surface area (Å²) in [5.41, 5.74) is 1.17. The van der Waals surface area contributed by atoms with Crippen LogP contribution < -0.4 is 10.9 Å². The van der Waals surface area contributed by atoms with Crippen molar-refractivity contribution in [3.63, 3.8) is 0 Å². The summed E-state index contributed by atoms with van der Waals surface area (Å²) in [5.74, 6) is 0.367. The van der Waals surface area contributed by atoms with Gasteiger partial charge in [-0.05, 0) is 31.6 Å². The molecule has 1 aliphatic heterocycles. The van der Waals surface area contributed by atoms with Gasteiger partial charge in [0.15, 0.2) is 0 Å². The molecule has 0 aliphatic carbocycles. The molecule has 1 atom stereocenters. The highest BCUT2D eigenvalue weighted by Gasteiger charge is 2.25. The predicted molar refractivity (Wildman–Crippen MR) is 124 cm³/mol. The molecule has 2 aromatic rings. The maximum atomic E-state index is 12.6. The molecule has 2 aromatic heterocycles. The highest BCUT2D eigenvalue weighted by molar-refractivity contribution is 5.87. The Bertz CT molecular complexity index is 1060. The van der Waals surface area contributed by atoms with Crippen LogP contribution in [0.4, 0.5) is 5.95 Å². The Hall–Kier alpha value is -3.26. The summed E-state index contributed by atoms with van der Waals surface area (Å²) < 4.78 is 1.68. The lowest BCUT2D eigenvalue weighted by atomic mass is 10.2. The van der Waals surface area contributed by atoms with E-state index in [9.17, 15) is 9.59 Å². The van der Waals surface area contributed by atoms with Gasteiger partial charge in [-0.1, -0.05) is 26.2 Å². The molecule has 1 amide bonds. The van der Waals surface area contributed by atoms with Crippen molar-refractivity contribution in [3.8, 4) is 0 Å². The zero-order valence-corrected chi connectivity index (χ0v) is 18.3. The van der Waals surface area contributed by atoms with Crippen LogP contribution in [0.3, 0.4) is 0 Å². The molecule has 1 aliphatic rings. The summed E-state index contributed by atoms with van der Waals surface area (Å²) in [4.78, 5) is 37.5. The molecule has 3 rings (SSSR count). The lowest BCUT2D eigenvalue weighted by molar-refractivity contribution is -0.128. The quantitative estimate of drug-likeness (QED) is 0.520. The highest BCUT2D eigenvalue weighted by atomic mass is 16.2. The first-order chi connectivity index (χ1) is 14.9. The SMILES string of the molecule is C=CC(=O)N1CCN(CCn2c(=O)ccc3cnc(NC(=C)/C=C\CC)nc32)C(C)C1. The van der Waals surface area contributed by atoms with Crippen molar-refractivity contribution in [1.82, 2.24) is 24.3 Å². The second-order valence-corrected chi connectivity index (χ2v) is 7.63. The molecule has 0 radical (unpaired) electrons. The number of hydrogen-bond acceptors (Lipinski definition) is 6. The Morgan fingerprint density at radius 3 is 2.84 bits per heavy atom. The topological polar surface area (TPSA) is 83.4 Å². The van der Waals surface area contributed by atoms with Gasteiger partial charge in [0.2, 0.25) is 11.9 Å². The van der Waals surface area contributed by atoms with Crippen molar-refractivity contribution in [1.29, 1.82) is 0 Å². The third-order valence-corrected chi connectivity index (χ3v) is 5.41. The summed E-state index contributed by atoms with van der Waals surface area (Å²) in [6.07, 6.45) is 7.85. The number of pyridine rings is 1. The Labute approximate surface area is 182 Å². The summed E-state index contributed by atoms with van der Waals surface area (Å²) in [6, 6.07) is 3.49. The van der Waals surface area contributed by atoms with Crippen molar-refractivity contribution in [2.45, 2.75) is 32.9 Å². The monoisotopic (exact) mass is 422 g/mol. The number of allylic oxidation sites excluding steroid dienone is 2. The van der Waals surface area contributed by atoms with E-state index in [1.807, 2.05) is 24.0 Å². The van der Waals surface area contributed by atoms with Gasteiger partial charge in [-0.25, -0.2) is 4.98 Å². The molecular weight excluding hydrogens is 392 g/mol. The average Bonchev–Trinajstić information content (AvgIpc) is 2.77. The van der Waals surface area contributed by atoms with Crippen LogP contribution in [0.5, 0.6) is 0 Å². The fourth-order valence-corrected chi connectivity index (χ4v) is 3.68. The van der Waals surface area contributed by atoms with Gasteiger partial charge in [-0.2, -0.15) is 4.98 Å². The number of carbonyl (C=O) groups is 1. The fraction of sp³-hybridized carbons (Fsp3) is 0.391. The van der Waals surface area contributed by atoms with E-state index in [2.05, 4.69) is 40.3 Å². The Balaban J connectivity index is 1.76. The summed E-state index contributed by atoms with van der Waals surface area (Å²) in [7, 11) is 0. The van der Waals surface area contributed by atoms with Crippen LogP contribution in [0.15, 0.2) is 60.2 Å². The zero-order valence-electron chi connectivity index (χ0n) is 18.3. The second kappa shape index (κ2) is 10.2. The van der Waals surface area contributed by atoms with Crippen LogP contribution in [-0.2, 0) is 11.3 Å². The molecule has 1 fully saturated rings. The van der Waals surface area contributed by atoms with Gasteiger partial charge in [0.05, 0.1) is 0 Å². The predicted octanol–water partition coefficient (Wildman–Crippen LogP) is 2.40. The lowest BCUT2D eigenvalue weighted by Crippen LogP contribution is -2.54. The second-order valence-electron chi connectivity index (χ2n) is 7.63. The standard InChI is InChI=1S/C23H30N6O2/c1-5-7-8-17(3)25-23-24-15-19-9-10-21(31)29(22(19)26-23)14-13-27-11-12-28(16-18(27)4)20(30)6-2/h6-10,15,18H,2-3,5,11-14,16H2,1,4H3,(H,24,25,26)/b8-7-. The van der Waals surface area contributed by atoms with Crippen LogP contribution >= 0.6 is 0 Å². The number of fused-ring (bicyclic) bond motifs is 1. The van der Waals surface area contributed by atoms with Crippen molar-refractivity contribution in [3.05, 3.63) is 65.8 Å². The smallest absolute Gasteiger partial charge is 0.252 e. The molecule has 1 unspecified atom stereocenters. The molecule has 0 spiro atoms. The number of rotatable bonds is 8. The number of aromatic nitrogens is 3. The molecular formula is C23H30N6O2. The minimum Gasteiger partial charge on any atom is -0.336 e. The summed E-state index contributed by atoms with van der Waals surface area (Å²) in [5, 5.41) is 3.87. The van der Waals surface area contributed by atoms with Gasteiger partial charge in [0, 0.05) is 62.1 Å². The van der Waals surface area contributed by atoms with Gasteiger partial charge in [0.25, 0.3) is 5.56 Å². The molecule has 0 aromatic carbocycles. The van der Waals surface area contributed by atoms with Crippen LogP contribution in [0.1, 0.15) is 20.3 Å². The number of anilines is 1. The van der Waals surface area contributed by atoms with Gasteiger partial charge >= 0.3 is 0 Å². The van der Waals surface area contributed by atoms with Gasteiger partial charge in [-0.15, -0.1) is 0 Å². The highest BCUT2D eigenvalue weighted by Crippen LogP contribution is 2.14. The van der Waals surface area contributed by atoms with Crippen LogP contribution in [0.25, 0.3) is 11.0 Å². The number of amides is 1. The molecule has 0 bridgehead atoms. The lowest BCUT2D eigenvalue weighted by Gasteiger charge is -2.39. The number of piperazine rings is 1. The summed E-state index contributed by atoms with van der Waals surface area (Å²) >= 11 is 0. The van der Waals surface area contributed by atoms with E-state index < -0.39 is 0 Å². The molecule has 3 heterocycles. The first-order valence-electron chi connectivity index (χ1n) is 10.6. The van der Waals surface area contributed by atoms with E-state index in [-0.39, 0.29) is 17.5 Å². The Morgan fingerprint density at radius 2 is 2.13 bits per heavy atom. The zero-order chi connectivity index (χ0) is 22.4. The minimum atomic E-state index is -0.102. The number of nitrogens with zero attached hydrogens (tertiary/aromatic N) is 5. The molecule has 1 N–H and O–H groups in total. The first-order valence-corrected chi connectivity index (χ1v) is 10.6. The first kappa shape index (κ1) is 22.4. The molecule has 1 saturated heterocycles. The minimum absolute atomic E-state index is 0.0381. The van der Waals surface area contributed by atoms with E-state index in [4.69, 9.17) is 0 Å². The fourth-order valence-electron chi connectivity index (χ4n) is 3.68. The van der Waals surface area contributed by atoms with E-state index in [1.165, 1.54) is 6.08 Å². The Kier molecular flexibility index (Phi) is 7.36. The van der Waals surface area contributed by atoms with Crippen molar-refractivity contribution < 1.29 is 4.79 Å². The largest absolute Gasteiger partial charge is 0.336 e. The summed E-state index contributed by atoms with van der Waals surface area (Å²) in [6.45, 7) is 14.9. The molecule has 8 nitrogen and oxygen atoms in total. The number of nitrogens with one attached hydrogen (secondary N) is 1. The van der Waals surface area contributed by atoms with Gasteiger partial charge in [0.1, 0.15) is 5.65 Å². The van der Waals surface area contributed by atoms with E-state index in [0.29, 0.717) is 43.5 Å². The van der Waals surface area contributed by atoms with Gasteiger partial charge in [-0.3, -0.25) is 19.1 Å². The third kappa shape index (κ3) is 5.46. The number of carbonyl (C=O) groups excluding carboxylic acids is 1. The van der Waals surface area contributed by atoms with Crippen LogP contribution in [0.2, 0.25) is 0 Å². The third-order valence-electron chi connectivity index (χ3n) is 5.41. The molecule has 31 heavy (non-hydrogen) atoms. The van der Waals surface area contributed by atoms with Gasteiger partial charge < -0.3 is 10.2 Å². The molecule has 0 saturated carbocycles. The Morgan fingerprint density at radius 1 is 1.32 bits per heavy atom. The normalized spacial score (nSPS) is 17.2. The van der Waals surface area contributed by atoms with Crippen molar-refractivity contribution in [2.24, 2.45) is 0 Å². The number of hydrogen-bond donors (Lipinski definition) is 1. The van der Waals surface area contributed by atoms with Crippen molar-refractivity contribution >= 4 is 22.9 Å². The van der Waals surface area contributed by atoms with E-state index >= 15 is 0 Å². The van der Waals surface area contributed by atoms with E-state index in [1.54, 1.807) is 22.9 Å². The molecule has 164 valence electrons. The maximum absolute atomic E-state index is 12.6. The molecule has 8 heteroatoms. The van der Waals surface area contributed by atoms with Crippen LogP contribution in [-0.4, -0.2) is 62.5 Å². The van der Waals surface area contributed by atoms with Crippen molar-refractivity contribution in [2.75, 3.05) is 31.5 Å². The van der Waals surface area contributed by atoms with E-state index in [0.717, 1.165) is 18.4 Å². The maximum Gasteiger partial charge on any atom is 0.252 e. The average molecular weight is 423 g/mol.